The zero-order chi connectivity index (χ0) is 14.0. The molecule has 1 aromatic rings. The number of hydrogen-bond acceptors (Lipinski definition) is 4. The molecule has 1 unspecified atom stereocenters. The molecule has 19 heavy (non-hydrogen) atoms. The van der Waals surface area contributed by atoms with E-state index >= 15 is 0 Å². The van der Waals surface area contributed by atoms with Gasteiger partial charge >= 0.3 is 6.09 Å². The summed E-state index contributed by atoms with van der Waals surface area (Å²) in [5.74, 6) is -0.185. The Hall–Kier alpha value is -2.28. The molecule has 0 radical (unpaired) electrons. The molecule has 1 heterocycles. The van der Waals surface area contributed by atoms with Crippen LogP contribution >= 0.6 is 0 Å². The third-order valence-electron chi connectivity index (χ3n) is 3.03. The molecule has 1 aliphatic rings. The molecule has 1 aliphatic heterocycles. The number of rotatable bonds is 1. The van der Waals surface area contributed by atoms with Crippen molar-refractivity contribution < 1.29 is 24.6 Å². The Morgan fingerprint density at radius 1 is 1.47 bits per heavy atom. The summed E-state index contributed by atoms with van der Waals surface area (Å²) in [5, 5.41) is 17.7. The quantitative estimate of drug-likeness (QED) is 0.521. The van der Waals surface area contributed by atoms with Gasteiger partial charge in [-0.2, -0.15) is 0 Å². The van der Waals surface area contributed by atoms with Crippen molar-refractivity contribution in [3.05, 3.63) is 29.3 Å². The second-order valence-corrected chi connectivity index (χ2v) is 4.33. The molecule has 1 atom stereocenters. The van der Waals surface area contributed by atoms with Gasteiger partial charge in [0.1, 0.15) is 12.4 Å². The van der Waals surface area contributed by atoms with Crippen LogP contribution in [0.5, 0.6) is 5.75 Å². The van der Waals surface area contributed by atoms with Crippen LogP contribution in [0.3, 0.4) is 0 Å². The molecule has 7 nitrogen and oxygen atoms in total. The predicted molar refractivity (Wildman–Crippen MR) is 64.2 cm³/mol. The second-order valence-electron chi connectivity index (χ2n) is 4.33. The van der Waals surface area contributed by atoms with E-state index in [4.69, 9.17) is 15.1 Å². The molecule has 0 saturated heterocycles. The summed E-state index contributed by atoms with van der Waals surface area (Å²) in [4.78, 5) is 23.7. The molecule has 0 spiro atoms. The van der Waals surface area contributed by atoms with E-state index < -0.39 is 12.0 Å². The van der Waals surface area contributed by atoms with Gasteiger partial charge in [0.25, 0.3) is 5.91 Å². The van der Waals surface area contributed by atoms with Gasteiger partial charge in [-0.05, 0) is 19.1 Å². The Morgan fingerprint density at radius 2 is 2.21 bits per heavy atom. The first-order valence-electron chi connectivity index (χ1n) is 5.72. The van der Waals surface area contributed by atoms with E-state index in [0.717, 1.165) is 0 Å². The van der Waals surface area contributed by atoms with Gasteiger partial charge in [0.15, 0.2) is 0 Å². The van der Waals surface area contributed by atoms with Gasteiger partial charge in [-0.25, -0.2) is 10.3 Å². The van der Waals surface area contributed by atoms with Gasteiger partial charge in [0.05, 0.1) is 12.6 Å². The van der Waals surface area contributed by atoms with Crippen molar-refractivity contribution in [1.82, 2.24) is 10.4 Å². The van der Waals surface area contributed by atoms with Gasteiger partial charge in [0, 0.05) is 11.1 Å². The second kappa shape index (κ2) is 5.15. The van der Waals surface area contributed by atoms with Crippen LogP contribution in [0.2, 0.25) is 0 Å². The number of carboxylic acid groups (broad SMARTS) is 1. The summed E-state index contributed by atoms with van der Waals surface area (Å²) in [6.07, 6.45) is -1.01. The monoisotopic (exact) mass is 266 g/mol. The Morgan fingerprint density at radius 3 is 2.84 bits per heavy atom. The summed E-state index contributed by atoms with van der Waals surface area (Å²) in [7, 11) is 0. The number of ether oxygens (including phenoxy) is 1. The topological polar surface area (TPSA) is 99.1 Å². The van der Waals surface area contributed by atoms with E-state index in [9.17, 15) is 9.59 Å². The summed E-state index contributed by atoms with van der Waals surface area (Å²) in [6, 6.07) is 4.33. The van der Waals surface area contributed by atoms with Gasteiger partial charge in [-0.3, -0.25) is 14.9 Å². The third kappa shape index (κ3) is 2.60. The lowest BCUT2D eigenvalue weighted by Crippen LogP contribution is -2.38. The first-order valence-corrected chi connectivity index (χ1v) is 5.72. The first-order chi connectivity index (χ1) is 9.02. The van der Waals surface area contributed by atoms with Crippen molar-refractivity contribution in [3.8, 4) is 5.75 Å². The standard InChI is InChI=1S/C12H14N2O5/c1-7-6-19-10-4-8(11(15)13-18)2-3-9(10)5-14(7)12(16)17/h2-4,7,18H,5-6H2,1H3,(H,13,15)(H,16,17). The molecule has 0 aromatic heterocycles. The van der Waals surface area contributed by atoms with E-state index in [1.54, 1.807) is 18.5 Å². The summed E-state index contributed by atoms with van der Waals surface area (Å²) in [6.45, 7) is 2.16. The SMILES string of the molecule is CC1COc2cc(C(=O)NO)ccc2CN1C(=O)O. The molecular formula is C12H14N2O5. The first kappa shape index (κ1) is 13.2. The summed E-state index contributed by atoms with van der Waals surface area (Å²) < 4.78 is 5.51. The van der Waals surface area contributed by atoms with Crippen LogP contribution in [-0.2, 0) is 6.54 Å². The number of hydroxylamine groups is 1. The molecule has 3 N–H and O–H groups in total. The van der Waals surface area contributed by atoms with Crippen LogP contribution in [0.1, 0.15) is 22.8 Å². The van der Waals surface area contributed by atoms with E-state index in [1.165, 1.54) is 17.0 Å². The van der Waals surface area contributed by atoms with Crippen molar-refractivity contribution in [2.75, 3.05) is 6.61 Å². The van der Waals surface area contributed by atoms with Crippen molar-refractivity contribution in [2.45, 2.75) is 19.5 Å². The minimum absolute atomic E-state index is 0.201. The molecule has 1 aromatic carbocycles. The molecule has 2 rings (SSSR count). The van der Waals surface area contributed by atoms with Crippen molar-refractivity contribution in [2.24, 2.45) is 0 Å². The van der Waals surface area contributed by atoms with Crippen molar-refractivity contribution in [3.63, 3.8) is 0 Å². The number of benzene rings is 1. The summed E-state index contributed by atoms with van der Waals surface area (Å²) in [5.41, 5.74) is 2.47. The van der Waals surface area contributed by atoms with Crippen molar-refractivity contribution >= 4 is 12.0 Å². The number of carbonyl (C=O) groups is 2. The number of nitrogens with zero attached hydrogens (tertiary/aromatic N) is 1. The van der Waals surface area contributed by atoms with Crippen LogP contribution in [-0.4, -0.2) is 39.9 Å². The van der Waals surface area contributed by atoms with Gasteiger partial charge in [-0.1, -0.05) is 6.07 Å². The molecule has 0 bridgehead atoms. The number of amides is 2. The predicted octanol–water partition coefficient (Wildman–Crippen LogP) is 1.07. The van der Waals surface area contributed by atoms with Crippen LogP contribution in [0.25, 0.3) is 0 Å². The number of nitrogens with one attached hydrogen (secondary N) is 1. The maximum absolute atomic E-state index is 11.3. The maximum atomic E-state index is 11.3. The van der Waals surface area contributed by atoms with E-state index in [2.05, 4.69) is 0 Å². The fourth-order valence-electron chi connectivity index (χ4n) is 1.92. The number of fused-ring (bicyclic) bond motifs is 1. The van der Waals surface area contributed by atoms with Crippen molar-refractivity contribution in [1.29, 1.82) is 0 Å². The van der Waals surface area contributed by atoms with Gasteiger partial charge in [-0.15, -0.1) is 0 Å². The highest BCUT2D eigenvalue weighted by Gasteiger charge is 2.25. The van der Waals surface area contributed by atoms with E-state index in [1.807, 2.05) is 0 Å². The average molecular weight is 266 g/mol. The fraction of sp³-hybridized carbons (Fsp3) is 0.333. The lowest BCUT2D eigenvalue weighted by atomic mass is 10.1. The Balaban J connectivity index is 2.33. The highest BCUT2D eigenvalue weighted by Crippen LogP contribution is 2.26. The fourth-order valence-corrected chi connectivity index (χ4v) is 1.92. The Kier molecular flexibility index (Phi) is 3.57. The minimum Gasteiger partial charge on any atom is -0.491 e. The third-order valence-corrected chi connectivity index (χ3v) is 3.03. The zero-order valence-electron chi connectivity index (χ0n) is 10.3. The summed E-state index contributed by atoms with van der Waals surface area (Å²) >= 11 is 0. The van der Waals surface area contributed by atoms with Crippen LogP contribution in [0.15, 0.2) is 18.2 Å². The van der Waals surface area contributed by atoms with Crippen LogP contribution in [0, 0.1) is 0 Å². The molecule has 2 amide bonds. The smallest absolute Gasteiger partial charge is 0.407 e. The Bertz CT molecular complexity index is 517. The van der Waals surface area contributed by atoms with E-state index in [-0.39, 0.29) is 24.8 Å². The lowest BCUT2D eigenvalue weighted by Gasteiger charge is -2.22. The van der Waals surface area contributed by atoms with Gasteiger partial charge < -0.3 is 9.84 Å². The van der Waals surface area contributed by atoms with Crippen LogP contribution in [0.4, 0.5) is 4.79 Å². The highest BCUT2D eigenvalue weighted by molar-refractivity contribution is 5.93. The minimum atomic E-state index is -1.01. The zero-order valence-corrected chi connectivity index (χ0v) is 10.3. The molecule has 0 saturated carbocycles. The van der Waals surface area contributed by atoms with E-state index in [0.29, 0.717) is 11.3 Å². The van der Waals surface area contributed by atoms with Gasteiger partial charge in [0.2, 0.25) is 0 Å². The maximum Gasteiger partial charge on any atom is 0.407 e. The molecule has 0 aliphatic carbocycles. The lowest BCUT2D eigenvalue weighted by molar-refractivity contribution is 0.0706. The normalized spacial score (nSPS) is 18.0. The molecule has 102 valence electrons. The molecule has 0 fully saturated rings. The number of hydrogen-bond donors (Lipinski definition) is 3. The highest BCUT2D eigenvalue weighted by atomic mass is 16.5. The number of carbonyl (C=O) groups excluding carboxylic acids is 1. The Labute approximate surface area is 109 Å². The van der Waals surface area contributed by atoms with Crippen LogP contribution < -0.4 is 10.2 Å². The average Bonchev–Trinajstić information content (AvgIpc) is 2.57. The largest absolute Gasteiger partial charge is 0.491 e. The molecular weight excluding hydrogens is 252 g/mol. The molecule has 7 heteroatoms.